The molecular formula is C120H160N16O9S4V. The summed E-state index contributed by atoms with van der Waals surface area (Å²) in [5.74, 6) is 8.12. The number of benzene rings is 8. The number of hydrogen-bond acceptors (Lipinski definition) is 27. The zero-order chi connectivity index (χ0) is 106. The third kappa shape index (κ3) is 24.5. The summed E-state index contributed by atoms with van der Waals surface area (Å²) in [5.41, 5.74) is 11.3. The van der Waals surface area contributed by atoms with Crippen molar-refractivity contribution in [2.24, 2.45) is 47.3 Å². The number of fused-ring (bicyclic) bond motifs is 28. The van der Waals surface area contributed by atoms with Gasteiger partial charge >= 0.3 is 21.0 Å². The summed E-state index contributed by atoms with van der Waals surface area (Å²) in [6.07, 6.45) is 5.90. The average molecular weight is 2150 g/mol. The van der Waals surface area contributed by atoms with E-state index >= 15 is 0 Å². The molecule has 0 saturated heterocycles. The van der Waals surface area contributed by atoms with E-state index in [9.17, 15) is 0 Å². The van der Waals surface area contributed by atoms with Crippen LogP contribution in [0.4, 0.5) is 45.5 Å². The van der Waals surface area contributed by atoms with Crippen LogP contribution in [-0.2, 0) is 21.0 Å². The first-order chi connectivity index (χ1) is 72.7. The second kappa shape index (κ2) is 52.1. The molecule has 6 aliphatic rings. The Morgan fingerprint density at radius 1 is 0.260 bits per heavy atom. The fourth-order valence-electron chi connectivity index (χ4n) is 20.0. The van der Waals surface area contributed by atoms with Crippen molar-refractivity contribution in [2.45, 2.75) is 257 Å². The van der Waals surface area contributed by atoms with E-state index in [1.54, 1.807) is 47.0 Å². The Hall–Kier alpha value is -9.66. The van der Waals surface area contributed by atoms with E-state index in [2.05, 4.69) is 302 Å². The van der Waals surface area contributed by atoms with Gasteiger partial charge in [-0.1, -0.05) is 262 Å². The van der Waals surface area contributed by atoms with Crippen LogP contribution in [0.1, 0.15) is 218 Å². The Labute approximate surface area is 918 Å². The molecule has 30 heteroatoms. The van der Waals surface area contributed by atoms with Crippen LogP contribution in [0.15, 0.2) is 136 Å². The Morgan fingerprint density at radius 3 is 0.673 bits per heavy atom. The number of hydrogen-bond donors (Lipinski definition) is 0. The molecule has 0 fully saturated rings. The third-order valence-electron chi connectivity index (χ3n) is 29.1. The van der Waals surface area contributed by atoms with Crippen molar-refractivity contribution in [3.8, 4) is 91.5 Å². The minimum absolute atomic E-state index is 0.263. The molecule has 8 bridgehead atoms. The van der Waals surface area contributed by atoms with Gasteiger partial charge in [0, 0.05) is 116 Å². The number of nitrogens with zero attached hydrogens (tertiary/aromatic N) is 16. The molecule has 150 heavy (non-hydrogen) atoms. The Morgan fingerprint density at radius 2 is 0.447 bits per heavy atom. The Bertz CT molecular complexity index is 6300. The van der Waals surface area contributed by atoms with Gasteiger partial charge in [0.25, 0.3) is 0 Å². The van der Waals surface area contributed by atoms with E-state index in [-0.39, 0.29) is 47.3 Å². The number of aromatic nitrogens is 8. The van der Waals surface area contributed by atoms with Crippen molar-refractivity contribution in [2.75, 3.05) is 177 Å². The van der Waals surface area contributed by atoms with E-state index in [0.29, 0.717) is 215 Å². The molecule has 0 spiro atoms. The van der Waals surface area contributed by atoms with Gasteiger partial charge in [-0.05, 0) is 200 Å². The molecule has 9 heterocycles. The quantitative estimate of drug-likeness (QED) is 0.0346. The first-order valence-corrected chi connectivity index (χ1v) is 59.5. The molecule has 803 valence electrons. The van der Waals surface area contributed by atoms with Crippen molar-refractivity contribution in [3.63, 3.8) is 0 Å². The molecule has 6 aliphatic heterocycles. The van der Waals surface area contributed by atoms with E-state index in [1.165, 1.54) is 0 Å². The predicted molar refractivity (Wildman–Crippen MR) is 616 cm³/mol. The molecule has 25 nitrogen and oxygen atoms in total. The molecule has 3 aromatic heterocycles. The van der Waals surface area contributed by atoms with Crippen LogP contribution in [0.2, 0.25) is 0 Å². The van der Waals surface area contributed by atoms with E-state index in [1.807, 2.05) is 0 Å². The van der Waals surface area contributed by atoms with Gasteiger partial charge in [-0.25, -0.2) is 9.97 Å². The van der Waals surface area contributed by atoms with Gasteiger partial charge in [0.15, 0.2) is 23.0 Å². The second-order valence-electron chi connectivity index (χ2n) is 43.1. The van der Waals surface area contributed by atoms with Crippen molar-refractivity contribution in [3.05, 3.63) is 97.1 Å². The van der Waals surface area contributed by atoms with Gasteiger partial charge in [0.1, 0.15) is 45.7 Å². The Kier molecular flexibility index (Phi) is 39.2. The van der Waals surface area contributed by atoms with Crippen LogP contribution in [0.5, 0.6) is 46.0 Å². The maximum absolute atomic E-state index is 8.19. The Balaban J connectivity index is 0.00000796. The number of likely N-dealkylation sites (N-methyl/N-ethyl adjacent to an activating group) is 4. The van der Waals surface area contributed by atoms with Crippen molar-refractivity contribution in [1.29, 1.82) is 0 Å². The fraction of sp³-hybridized carbons (Fsp3) is 0.533. The first kappa shape index (κ1) is 113. The van der Waals surface area contributed by atoms with E-state index in [4.69, 9.17) is 81.4 Å². The van der Waals surface area contributed by atoms with Gasteiger partial charge < -0.3 is 107 Å². The van der Waals surface area contributed by atoms with Gasteiger partial charge in [0.05, 0.1) is 141 Å². The minimum atomic E-state index is 0.263. The van der Waals surface area contributed by atoms with Crippen molar-refractivity contribution < 1.29 is 58.9 Å². The summed E-state index contributed by atoms with van der Waals surface area (Å²) in [6.45, 7) is 69.5. The molecule has 0 N–H and O–H groups in total. The van der Waals surface area contributed by atoms with Crippen LogP contribution in [0.3, 0.4) is 0 Å². The van der Waals surface area contributed by atoms with Gasteiger partial charge in [-0.15, -0.1) is 0 Å². The van der Waals surface area contributed by atoms with Crippen LogP contribution in [0.25, 0.3) is 89.7 Å². The number of rotatable bonds is 52. The van der Waals surface area contributed by atoms with Gasteiger partial charge in [0.2, 0.25) is 0 Å². The molecular weight excluding hydrogens is 1990 g/mol. The zero-order valence-electron chi connectivity index (χ0n) is 93.4. The summed E-state index contributed by atoms with van der Waals surface area (Å²) >= 11 is 7.89. The summed E-state index contributed by atoms with van der Waals surface area (Å²) < 4.78 is 71.6. The summed E-state index contributed by atoms with van der Waals surface area (Å²) in [4.78, 5) is 78.1. The van der Waals surface area contributed by atoms with Gasteiger partial charge in [-0.2, -0.15) is 0 Å². The summed E-state index contributed by atoms with van der Waals surface area (Å²) in [7, 11) is 0. The van der Waals surface area contributed by atoms with Crippen LogP contribution in [0, 0.1) is 47.3 Å². The van der Waals surface area contributed by atoms with Crippen molar-refractivity contribution in [1.82, 2.24) is 59.5 Å². The summed E-state index contributed by atoms with van der Waals surface area (Å²) in [5, 5.41) is 2.40. The van der Waals surface area contributed by atoms with E-state index in [0.717, 1.165) is 232 Å². The molecule has 0 radical (unpaired) electrons. The number of para-hydroxylation sites is 4. The number of anilines is 8. The van der Waals surface area contributed by atoms with E-state index < -0.39 is 0 Å². The van der Waals surface area contributed by atoms with Crippen LogP contribution < -0.4 is 67.5 Å². The van der Waals surface area contributed by atoms with Gasteiger partial charge in [-0.3, -0.25) is 0 Å². The molecule has 8 aromatic carbocycles. The number of ether oxygens (including phenoxy) is 8. The summed E-state index contributed by atoms with van der Waals surface area (Å²) in [6, 6.07) is 35.2. The van der Waals surface area contributed by atoms with Crippen LogP contribution in [-0.4, -0.2) is 207 Å². The second-order valence-corrected chi connectivity index (χ2v) is 47.3. The zero-order valence-corrected chi connectivity index (χ0v) is 98.1. The SMILES string of the molecule is CCN(CC)CCN1c2ccccc2Sc2c(OCCC(C)C)c3c(c(OCCC(C)C)c21)-c1nc-3nc2[n-]c(nc3nc(nc4[n-]c(n1)c1c(OCCC(C)C)c5c(c(OCCC(C)C)c41)N(CCN(CC)CC)c1ccccc1S5)-c1c(OCCC(C)C)c4c(c(OCCC(C)C)c1-3)N(CCN(CC)CC)c1ccccc1S4)c1c(OCCC(C)C)c3c(c(OCCC(C)C)c21)N(CCN(CC)CC)c1ccccc1S3.[O]=[V+2]. The molecule has 11 aromatic rings. The maximum atomic E-state index is 8.19. The average Bonchev–Trinajstić information content (AvgIpc) is 1.53. The molecule has 0 amide bonds. The normalized spacial score (nSPS) is 13.3. The molecule has 17 rings (SSSR count). The standard InChI is InChI=1S/C120H160N16O8S4.O.V/c1-25-129(26-2)57-61-133-81-41-33-37-45-85(81)145-109-97(133)101(137-65-49-73(9)10)89-93(105(109)141-69-53-77(17)18)117-121-113(89)125-118-94-90(102(138-66-50-74(11)12)98-110(106(94)142-70-54-78(19)20)146-86-46-38-34-42-82(86)134(98)62-58-130(27-3)28-4)115(122-118)127-120-96-92(104(140-68-52-76(15)16)100-112(108(96)144-72-56-80(23)24)148-88-48-40-36-44-84(88)136(100)64-60-132(31-7)32-8)116(124-120)128-119-95-91(114(123-119)126-117)103(139-67-51-75(13)14)99-111(107(95)143-71-55-79(21)22)147-87-47-39-35-43-83(87)135(99)63-59-131(29-5)30-6;;/h33-48,73-80H,25-32,49-72H2,1-24H3;;/q-2;;+2. The first-order valence-electron chi connectivity index (χ1n) is 55.7. The third-order valence-corrected chi connectivity index (χ3v) is 33.7. The van der Waals surface area contributed by atoms with Crippen LogP contribution >= 0.6 is 47.0 Å². The fourth-order valence-corrected chi connectivity index (χ4v) is 24.8. The topological polar surface area (TPSA) is 222 Å². The molecule has 0 unspecified atom stereocenters. The molecule has 0 atom stereocenters. The van der Waals surface area contributed by atoms with Crippen molar-refractivity contribution >= 4 is 137 Å². The molecule has 0 saturated carbocycles. The molecule has 0 aliphatic carbocycles. The predicted octanol–water partition coefficient (Wildman–Crippen LogP) is 29.2. The monoisotopic (exact) mass is 2150 g/mol.